The molecule has 1 aromatic carbocycles. The number of hydrogen-bond acceptors (Lipinski definition) is 2. The average molecular weight is 346 g/mol. The Morgan fingerprint density at radius 1 is 1.18 bits per heavy atom. The molecule has 0 atom stereocenters. The number of nitrogen functional groups attached to an aromatic ring is 1. The molecule has 2 nitrogen and oxygen atoms in total. The Labute approximate surface area is 119 Å². The van der Waals surface area contributed by atoms with Gasteiger partial charge in [0.2, 0.25) is 0 Å². The molecular formula is C14H23IN2. The lowest BCUT2D eigenvalue weighted by atomic mass is 9.85. The maximum absolute atomic E-state index is 5.99. The number of anilines is 2. The van der Waals surface area contributed by atoms with E-state index in [4.69, 9.17) is 5.73 Å². The van der Waals surface area contributed by atoms with E-state index in [1.807, 2.05) is 6.07 Å². The van der Waals surface area contributed by atoms with Crippen molar-refractivity contribution in [2.75, 3.05) is 17.6 Å². The minimum absolute atomic E-state index is 0.675. The van der Waals surface area contributed by atoms with Gasteiger partial charge in [-0.3, -0.25) is 0 Å². The third kappa shape index (κ3) is 4.37. The van der Waals surface area contributed by atoms with Gasteiger partial charge in [0, 0.05) is 10.1 Å². The minimum Gasteiger partial charge on any atom is -0.397 e. The number of nitrogens with one attached hydrogen (secondary N) is 1. The van der Waals surface area contributed by atoms with E-state index in [1.54, 1.807) is 0 Å². The third-order valence-corrected chi connectivity index (χ3v) is 3.93. The van der Waals surface area contributed by atoms with Gasteiger partial charge >= 0.3 is 0 Å². The van der Waals surface area contributed by atoms with Gasteiger partial charge in [0.25, 0.3) is 0 Å². The smallest absolute Gasteiger partial charge is 0.0574 e. The Bertz CT molecular complexity index is 353. The fraction of sp³-hybridized carbons (Fsp3) is 0.571. The summed E-state index contributed by atoms with van der Waals surface area (Å²) in [5.74, 6) is 2.05. The molecule has 0 heterocycles. The molecule has 0 fully saturated rings. The monoisotopic (exact) mass is 346 g/mol. The van der Waals surface area contributed by atoms with E-state index in [2.05, 4.69) is 67.7 Å². The van der Waals surface area contributed by atoms with Gasteiger partial charge in [0.1, 0.15) is 0 Å². The molecule has 0 bridgehead atoms. The van der Waals surface area contributed by atoms with Crippen LogP contribution in [0.1, 0.15) is 27.7 Å². The lowest BCUT2D eigenvalue weighted by molar-refractivity contribution is 0.304. The lowest BCUT2D eigenvalue weighted by Gasteiger charge is -2.26. The summed E-state index contributed by atoms with van der Waals surface area (Å²) in [5.41, 5.74) is 7.88. The fourth-order valence-corrected chi connectivity index (χ4v) is 2.68. The molecule has 0 aliphatic carbocycles. The SMILES string of the molecule is CC(C)C(CNc1ccc(I)cc1N)C(C)C. The highest BCUT2D eigenvalue weighted by Crippen LogP contribution is 2.24. The molecule has 0 spiro atoms. The standard InChI is InChI=1S/C14H23IN2/c1-9(2)12(10(3)4)8-17-14-6-5-11(15)7-13(14)16/h5-7,9-10,12,17H,8,16H2,1-4H3. The van der Waals surface area contributed by atoms with Gasteiger partial charge < -0.3 is 11.1 Å². The highest BCUT2D eigenvalue weighted by molar-refractivity contribution is 14.1. The Balaban J connectivity index is 2.65. The molecule has 0 unspecified atom stereocenters. The molecule has 1 rings (SSSR count). The molecule has 3 N–H and O–H groups in total. The van der Waals surface area contributed by atoms with Crippen LogP contribution in [0.2, 0.25) is 0 Å². The van der Waals surface area contributed by atoms with Crippen molar-refractivity contribution >= 4 is 34.0 Å². The van der Waals surface area contributed by atoms with Gasteiger partial charge in [0.05, 0.1) is 11.4 Å². The third-order valence-electron chi connectivity index (χ3n) is 3.25. The maximum Gasteiger partial charge on any atom is 0.0574 e. The maximum atomic E-state index is 5.99. The lowest BCUT2D eigenvalue weighted by Crippen LogP contribution is -2.24. The molecule has 3 heteroatoms. The van der Waals surface area contributed by atoms with Crippen molar-refractivity contribution in [3.05, 3.63) is 21.8 Å². The summed E-state index contributed by atoms with van der Waals surface area (Å²) in [7, 11) is 0. The first-order chi connectivity index (χ1) is 7.91. The summed E-state index contributed by atoms with van der Waals surface area (Å²) < 4.78 is 1.18. The molecule has 0 aliphatic rings. The first-order valence-corrected chi connectivity index (χ1v) is 7.28. The number of halogens is 1. The first kappa shape index (κ1) is 14.6. The predicted octanol–water partition coefficient (Wildman–Crippen LogP) is 4.21. The Hall–Kier alpha value is -0.450. The van der Waals surface area contributed by atoms with E-state index in [-0.39, 0.29) is 0 Å². The van der Waals surface area contributed by atoms with Crippen molar-refractivity contribution in [1.82, 2.24) is 0 Å². The van der Waals surface area contributed by atoms with E-state index < -0.39 is 0 Å². The summed E-state index contributed by atoms with van der Waals surface area (Å²) >= 11 is 2.28. The Morgan fingerprint density at radius 2 is 1.76 bits per heavy atom. The molecule has 0 aromatic heterocycles. The molecule has 0 saturated heterocycles. The van der Waals surface area contributed by atoms with Crippen LogP contribution in [0.5, 0.6) is 0 Å². The number of benzene rings is 1. The van der Waals surface area contributed by atoms with Crippen LogP contribution in [0.15, 0.2) is 18.2 Å². The van der Waals surface area contributed by atoms with Crippen molar-refractivity contribution in [3.8, 4) is 0 Å². The second-order valence-corrected chi connectivity index (χ2v) is 6.51. The molecule has 0 radical (unpaired) electrons. The van der Waals surface area contributed by atoms with Crippen LogP contribution in [0, 0.1) is 21.3 Å². The van der Waals surface area contributed by atoms with Crippen molar-refractivity contribution in [3.63, 3.8) is 0 Å². The summed E-state index contributed by atoms with van der Waals surface area (Å²) in [6.07, 6.45) is 0. The van der Waals surface area contributed by atoms with E-state index in [1.165, 1.54) is 3.57 Å². The molecule has 96 valence electrons. The van der Waals surface area contributed by atoms with Crippen molar-refractivity contribution < 1.29 is 0 Å². The molecule has 17 heavy (non-hydrogen) atoms. The molecule has 0 amide bonds. The molecule has 0 saturated carbocycles. The van der Waals surface area contributed by atoms with Gasteiger partial charge in [0.15, 0.2) is 0 Å². The first-order valence-electron chi connectivity index (χ1n) is 6.20. The quantitative estimate of drug-likeness (QED) is 0.619. The van der Waals surface area contributed by atoms with Crippen LogP contribution in [0.4, 0.5) is 11.4 Å². The summed E-state index contributed by atoms with van der Waals surface area (Å²) in [5, 5.41) is 3.47. The summed E-state index contributed by atoms with van der Waals surface area (Å²) in [4.78, 5) is 0. The second-order valence-electron chi connectivity index (χ2n) is 5.26. The van der Waals surface area contributed by atoms with E-state index in [0.29, 0.717) is 17.8 Å². The van der Waals surface area contributed by atoms with Crippen LogP contribution in [0.25, 0.3) is 0 Å². The normalized spacial score (nSPS) is 11.5. The average Bonchev–Trinajstić information content (AvgIpc) is 2.20. The fourth-order valence-electron chi connectivity index (χ4n) is 2.16. The second kappa shape index (κ2) is 6.47. The number of nitrogens with two attached hydrogens (primary N) is 1. The Morgan fingerprint density at radius 3 is 2.24 bits per heavy atom. The highest BCUT2D eigenvalue weighted by atomic mass is 127. The van der Waals surface area contributed by atoms with Gasteiger partial charge in [-0.05, 0) is 58.5 Å². The van der Waals surface area contributed by atoms with Gasteiger partial charge in [-0.1, -0.05) is 27.7 Å². The van der Waals surface area contributed by atoms with Crippen LogP contribution in [-0.2, 0) is 0 Å². The van der Waals surface area contributed by atoms with Crippen LogP contribution in [0.3, 0.4) is 0 Å². The largest absolute Gasteiger partial charge is 0.397 e. The molecule has 1 aromatic rings. The van der Waals surface area contributed by atoms with Gasteiger partial charge in [-0.2, -0.15) is 0 Å². The van der Waals surface area contributed by atoms with Crippen molar-refractivity contribution in [2.45, 2.75) is 27.7 Å². The zero-order valence-electron chi connectivity index (χ0n) is 11.1. The number of rotatable bonds is 5. The van der Waals surface area contributed by atoms with E-state index >= 15 is 0 Å². The zero-order chi connectivity index (χ0) is 13.0. The summed E-state index contributed by atoms with van der Waals surface area (Å²) in [6.45, 7) is 10.1. The highest BCUT2D eigenvalue weighted by Gasteiger charge is 2.17. The molecular weight excluding hydrogens is 323 g/mol. The molecule has 0 aliphatic heterocycles. The van der Waals surface area contributed by atoms with E-state index in [0.717, 1.165) is 17.9 Å². The van der Waals surface area contributed by atoms with Crippen LogP contribution < -0.4 is 11.1 Å². The van der Waals surface area contributed by atoms with Crippen molar-refractivity contribution in [1.29, 1.82) is 0 Å². The van der Waals surface area contributed by atoms with Crippen LogP contribution >= 0.6 is 22.6 Å². The minimum atomic E-state index is 0.675. The zero-order valence-corrected chi connectivity index (χ0v) is 13.3. The summed E-state index contributed by atoms with van der Waals surface area (Å²) in [6, 6.07) is 6.15. The van der Waals surface area contributed by atoms with Crippen LogP contribution in [-0.4, -0.2) is 6.54 Å². The Kier molecular flexibility index (Phi) is 5.56. The topological polar surface area (TPSA) is 38.0 Å². The number of hydrogen-bond donors (Lipinski definition) is 2. The van der Waals surface area contributed by atoms with Gasteiger partial charge in [-0.25, -0.2) is 0 Å². The predicted molar refractivity (Wildman–Crippen MR) is 85.2 cm³/mol. The van der Waals surface area contributed by atoms with E-state index in [9.17, 15) is 0 Å². The van der Waals surface area contributed by atoms with Gasteiger partial charge in [-0.15, -0.1) is 0 Å². The van der Waals surface area contributed by atoms with Crippen molar-refractivity contribution in [2.24, 2.45) is 17.8 Å².